The summed E-state index contributed by atoms with van der Waals surface area (Å²) in [6.07, 6.45) is 0.389. The van der Waals surface area contributed by atoms with Crippen molar-refractivity contribution in [1.29, 1.82) is 0 Å². The van der Waals surface area contributed by atoms with E-state index < -0.39 is 0 Å². The van der Waals surface area contributed by atoms with Gasteiger partial charge in [0.05, 0.1) is 12.6 Å². The number of thiophene rings is 1. The largest absolute Gasteiger partial charge is 0.381 e. The van der Waals surface area contributed by atoms with Crippen molar-refractivity contribution >= 4 is 17.2 Å². The first kappa shape index (κ1) is 17.7. The molecule has 2 rings (SSSR count). The van der Waals surface area contributed by atoms with Crippen molar-refractivity contribution in [2.24, 2.45) is 0 Å². The van der Waals surface area contributed by atoms with Gasteiger partial charge in [-0.25, -0.2) is 0 Å². The SMILES string of the molecule is CCOCCC(=O)NC(c1ccc(C(C)C)cc1)c1cccs1. The summed E-state index contributed by atoms with van der Waals surface area (Å²) >= 11 is 1.66. The van der Waals surface area contributed by atoms with Crippen molar-refractivity contribution in [1.82, 2.24) is 5.32 Å². The number of hydrogen-bond acceptors (Lipinski definition) is 3. The molecule has 1 unspecified atom stereocenters. The molecule has 0 aliphatic carbocycles. The van der Waals surface area contributed by atoms with Gasteiger partial charge in [0.2, 0.25) is 5.91 Å². The van der Waals surface area contributed by atoms with Crippen LogP contribution in [0.3, 0.4) is 0 Å². The summed E-state index contributed by atoms with van der Waals surface area (Å²) in [7, 11) is 0. The first-order valence-corrected chi connectivity index (χ1v) is 9.00. The Morgan fingerprint density at radius 2 is 1.87 bits per heavy atom. The second kappa shape index (κ2) is 8.85. The van der Waals surface area contributed by atoms with Crippen LogP contribution in [-0.2, 0) is 9.53 Å². The number of amides is 1. The van der Waals surface area contributed by atoms with Gasteiger partial charge in [-0.05, 0) is 35.4 Å². The molecule has 1 aromatic carbocycles. The molecule has 0 fully saturated rings. The molecule has 1 amide bonds. The molecular formula is C19H25NO2S. The molecule has 0 saturated heterocycles. The van der Waals surface area contributed by atoms with Crippen LogP contribution in [0.5, 0.6) is 0 Å². The normalized spacial score (nSPS) is 12.3. The second-order valence-corrected chi connectivity index (χ2v) is 6.76. The molecule has 0 saturated carbocycles. The summed E-state index contributed by atoms with van der Waals surface area (Å²) in [5.41, 5.74) is 2.42. The lowest BCUT2D eigenvalue weighted by molar-refractivity contribution is -0.122. The molecule has 0 aliphatic heterocycles. The highest BCUT2D eigenvalue weighted by molar-refractivity contribution is 7.10. The fourth-order valence-electron chi connectivity index (χ4n) is 2.39. The maximum absolute atomic E-state index is 12.2. The van der Waals surface area contributed by atoms with E-state index in [1.165, 1.54) is 5.56 Å². The summed E-state index contributed by atoms with van der Waals surface area (Å²) in [6, 6.07) is 12.5. The summed E-state index contributed by atoms with van der Waals surface area (Å²) in [5.74, 6) is 0.523. The molecule has 1 aromatic heterocycles. The summed E-state index contributed by atoms with van der Waals surface area (Å²) < 4.78 is 5.27. The second-order valence-electron chi connectivity index (χ2n) is 5.78. The fourth-order valence-corrected chi connectivity index (χ4v) is 3.19. The third-order valence-electron chi connectivity index (χ3n) is 3.75. The number of benzene rings is 1. The lowest BCUT2D eigenvalue weighted by atomic mass is 9.98. The zero-order chi connectivity index (χ0) is 16.7. The van der Waals surface area contributed by atoms with Gasteiger partial charge in [0.25, 0.3) is 0 Å². The van der Waals surface area contributed by atoms with Gasteiger partial charge < -0.3 is 10.1 Å². The van der Waals surface area contributed by atoms with Crippen LogP contribution >= 0.6 is 11.3 Å². The van der Waals surface area contributed by atoms with Crippen molar-refractivity contribution in [3.8, 4) is 0 Å². The monoisotopic (exact) mass is 331 g/mol. The fraction of sp³-hybridized carbons (Fsp3) is 0.421. The predicted molar refractivity (Wildman–Crippen MR) is 95.9 cm³/mol. The lowest BCUT2D eigenvalue weighted by Crippen LogP contribution is -2.29. The summed E-state index contributed by atoms with van der Waals surface area (Å²) in [5, 5.41) is 5.17. The Bertz CT molecular complexity index is 590. The Morgan fingerprint density at radius 1 is 1.17 bits per heavy atom. The molecule has 1 N–H and O–H groups in total. The molecule has 0 aliphatic rings. The van der Waals surface area contributed by atoms with Gasteiger partial charge in [-0.1, -0.05) is 44.2 Å². The molecule has 0 spiro atoms. The van der Waals surface area contributed by atoms with Crippen molar-refractivity contribution in [3.05, 3.63) is 57.8 Å². The highest BCUT2D eigenvalue weighted by Crippen LogP contribution is 2.27. The average Bonchev–Trinajstić information content (AvgIpc) is 3.07. The Labute approximate surface area is 142 Å². The van der Waals surface area contributed by atoms with E-state index >= 15 is 0 Å². The van der Waals surface area contributed by atoms with Crippen LogP contribution in [-0.4, -0.2) is 19.1 Å². The lowest BCUT2D eigenvalue weighted by Gasteiger charge is -2.19. The summed E-state index contributed by atoms with van der Waals surface area (Å²) in [4.78, 5) is 13.3. The molecule has 1 atom stereocenters. The standard InChI is InChI=1S/C19H25NO2S/c1-4-22-12-11-18(21)20-19(17-6-5-13-23-17)16-9-7-15(8-10-16)14(2)3/h5-10,13-14,19H,4,11-12H2,1-3H3,(H,20,21). The van der Waals surface area contributed by atoms with E-state index in [0.717, 1.165) is 10.4 Å². The van der Waals surface area contributed by atoms with Crippen LogP contribution < -0.4 is 5.32 Å². The van der Waals surface area contributed by atoms with Crippen LogP contribution in [0.4, 0.5) is 0 Å². The Kier molecular flexibility index (Phi) is 6.81. The van der Waals surface area contributed by atoms with E-state index in [4.69, 9.17) is 4.74 Å². The highest BCUT2D eigenvalue weighted by Gasteiger charge is 2.18. The number of rotatable bonds is 8. The molecule has 0 bridgehead atoms. The van der Waals surface area contributed by atoms with Crippen molar-refractivity contribution in [2.75, 3.05) is 13.2 Å². The van der Waals surface area contributed by atoms with Gasteiger partial charge >= 0.3 is 0 Å². The Balaban J connectivity index is 2.13. The molecule has 2 aromatic rings. The van der Waals surface area contributed by atoms with Gasteiger partial charge in [0.1, 0.15) is 0 Å². The Morgan fingerprint density at radius 3 is 2.43 bits per heavy atom. The van der Waals surface area contributed by atoms with Crippen LogP contribution in [0.2, 0.25) is 0 Å². The molecule has 4 heteroatoms. The van der Waals surface area contributed by atoms with Crippen LogP contribution in [0.25, 0.3) is 0 Å². The van der Waals surface area contributed by atoms with Gasteiger partial charge in [0.15, 0.2) is 0 Å². The predicted octanol–water partition coefficient (Wildman–Crippen LogP) is 4.50. The molecule has 0 radical (unpaired) electrons. The zero-order valence-electron chi connectivity index (χ0n) is 14.0. The highest BCUT2D eigenvalue weighted by atomic mass is 32.1. The van der Waals surface area contributed by atoms with Gasteiger partial charge in [0, 0.05) is 17.9 Å². The van der Waals surface area contributed by atoms with E-state index in [1.807, 2.05) is 18.4 Å². The maximum atomic E-state index is 12.2. The number of nitrogens with one attached hydrogen (secondary N) is 1. The van der Waals surface area contributed by atoms with Crippen molar-refractivity contribution in [2.45, 2.75) is 39.2 Å². The van der Waals surface area contributed by atoms with Crippen LogP contribution in [0, 0.1) is 0 Å². The minimum absolute atomic E-state index is 0.0183. The minimum Gasteiger partial charge on any atom is -0.381 e. The van der Waals surface area contributed by atoms with E-state index in [9.17, 15) is 4.79 Å². The van der Waals surface area contributed by atoms with Gasteiger partial charge in [-0.3, -0.25) is 4.79 Å². The first-order valence-electron chi connectivity index (χ1n) is 8.12. The van der Waals surface area contributed by atoms with Crippen LogP contribution in [0.15, 0.2) is 41.8 Å². The molecular weight excluding hydrogens is 306 g/mol. The van der Waals surface area contributed by atoms with Crippen molar-refractivity contribution in [3.63, 3.8) is 0 Å². The molecule has 3 nitrogen and oxygen atoms in total. The number of hydrogen-bond donors (Lipinski definition) is 1. The van der Waals surface area contributed by atoms with Crippen LogP contribution in [0.1, 0.15) is 55.2 Å². The molecule has 124 valence electrons. The third kappa shape index (κ3) is 5.19. The molecule has 23 heavy (non-hydrogen) atoms. The van der Waals surface area contributed by atoms with Gasteiger partial charge in [-0.2, -0.15) is 0 Å². The zero-order valence-corrected chi connectivity index (χ0v) is 14.9. The van der Waals surface area contributed by atoms with Crippen molar-refractivity contribution < 1.29 is 9.53 Å². The van der Waals surface area contributed by atoms with E-state index in [1.54, 1.807) is 11.3 Å². The minimum atomic E-state index is -0.0923. The topological polar surface area (TPSA) is 38.3 Å². The number of carbonyl (C=O) groups excluding carboxylic acids is 1. The first-order chi connectivity index (χ1) is 11.1. The smallest absolute Gasteiger partial charge is 0.223 e. The Hall–Kier alpha value is -1.65. The number of carbonyl (C=O) groups is 1. The quantitative estimate of drug-likeness (QED) is 0.723. The van der Waals surface area contributed by atoms with E-state index in [2.05, 4.69) is 49.5 Å². The van der Waals surface area contributed by atoms with E-state index in [0.29, 0.717) is 25.6 Å². The summed E-state index contributed by atoms with van der Waals surface area (Å²) in [6.45, 7) is 7.40. The maximum Gasteiger partial charge on any atom is 0.223 e. The average molecular weight is 331 g/mol. The third-order valence-corrected chi connectivity index (χ3v) is 4.68. The number of ether oxygens (including phenoxy) is 1. The van der Waals surface area contributed by atoms with Gasteiger partial charge in [-0.15, -0.1) is 11.3 Å². The molecule has 1 heterocycles. The van der Waals surface area contributed by atoms with E-state index in [-0.39, 0.29) is 11.9 Å².